The number of fused-ring (bicyclic) bond motifs is 1. The molecule has 2 aliphatic rings. The lowest BCUT2D eigenvalue weighted by Gasteiger charge is -2.29. The maximum atomic E-state index is 13.5. The minimum absolute atomic E-state index is 0.105. The summed E-state index contributed by atoms with van der Waals surface area (Å²) in [5.74, 6) is 0.324. The number of pyridine rings is 1. The standard InChI is InChI=1S/C26H22FN3O5/c27-19-3-1-2-17(12-19)14-33-25(31)23-20(6-4-16-5-7-21-22(13-16)35-15-34-21)29-26(32)30-24(23)18-8-10-28-11-9-18/h1-3,5,7-13,24H,4,6,14-15H2,(H2,29,30,32). The Bertz CT molecular complexity index is 1300. The highest BCUT2D eigenvalue weighted by Gasteiger charge is 2.33. The van der Waals surface area contributed by atoms with Gasteiger partial charge in [0, 0.05) is 18.1 Å². The number of hydrogen-bond acceptors (Lipinski definition) is 6. The number of benzene rings is 2. The highest BCUT2D eigenvalue weighted by Crippen LogP contribution is 2.34. The zero-order chi connectivity index (χ0) is 24.2. The van der Waals surface area contributed by atoms with Crippen molar-refractivity contribution in [2.24, 2.45) is 0 Å². The van der Waals surface area contributed by atoms with Crippen molar-refractivity contribution in [2.45, 2.75) is 25.5 Å². The number of hydrogen-bond donors (Lipinski definition) is 2. The van der Waals surface area contributed by atoms with Crippen LogP contribution >= 0.6 is 0 Å². The van der Waals surface area contributed by atoms with Gasteiger partial charge in [0.2, 0.25) is 6.79 Å². The van der Waals surface area contributed by atoms with Gasteiger partial charge in [-0.25, -0.2) is 14.0 Å². The molecule has 3 aromatic rings. The third kappa shape index (κ3) is 5.08. The topological polar surface area (TPSA) is 98.8 Å². The summed E-state index contributed by atoms with van der Waals surface area (Å²) in [5, 5.41) is 5.57. The molecule has 3 heterocycles. The smallest absolute Gasteiger partial charge is 0.338 e. The Balaban J connectivity index is 1.43. The van der Waals surface area contributed by atoms with Gasteiger partial charge in [-0.15, -0.1) is 0 Å². The number of rotatable bonds is 7. The van der Waals surface area contributed by atoms with Crippen LogP contribution in [0.2, 0.25) is 0 Å². The van der Waals surface area contributed by atoms with Crippen LogP contribution in [-0.4, -0.2) is 23.8 Å². The molecule has 0 spiro atoms. The molecule has 0 radical (unpaired) electrons. The SMILES string of the molecule is O=C1NC(CCc2ccc3c(c2)OCO3)=C(C(=O)OCc2cccc(F)c2)C(c2ccncc2)N1. The quantitative estimate of drug-likeness (QED) is 0.503. The molecule has 2 aromatic carbocycles. The number of urea groups is 1. The summed E-state index contributed by atoms with van der Waals surface area (Å²) < 4.78 is 29.9. The molecule has 0 bridgehead atoms. The van der Waals surface area contributed by atoms with Crippen LogP contribution < -0.4 is 20.1 Å². The molecule has 9 heteroatoms. The third-order valence-corrected chi connectivity index (χ3v) is 5.77. The number of aryl methyl sites for hydroxylation is 1. The van der Waals surface area contributed by atoms with Crippen molar-refractivity contribution < 1.29 is 28.2 Å². The van der Waals surface area contributed by atoms with Gasteiger partial charge in [0.1, 0.15) is 12.4 Å². The Morgan fingerprint density at radius 2 is 1.86 bits per heavy atom. The second-order valence-electron chi connectivity index (χ2n) is 8.10. The van der Waals surface area contributed by atoms with Crippen LogP contribution in [0.3, 0.4) is 0 Å². The second-order valence-corrected chi connectivity index (χ2v) is 8.10. The van der Waals surface area contributed by atoms with E-state index in [-0.39, 0.29) is 19.0 Å². The minimum atomic E-state index is -0.724. The summed E-state index contributed by atoms with van der Waals surface area (Å²) in [4.78, 5) is 29.8. The van der Waals surface area contributed by atoms with E-state index in [1.54, 1.807) is 36.7 Å². The molecule has 2 N–H and O–H groups in total. The van der Waals surface area contributed by atoms with Gasteiger partial charge in [-0.1, -0.05) is 18.2 Å². The number of ether oxygens (including phenoxy) is 3. The van der Waals surface area contributed by atoms with Crippen LogP contribution in [0, 0.1) is 5.82 Å². The highest BCUT2D eigenvalue weighted by molar-refractivity contribution is 5.95. The summed E-state index contributed by atoms with van der Waals surface area (Å²) in [6, 6.07) is 13.8. The third-order valence-electron chi connectivity index (χ3n) is 5.77. The number of nitrogens with zero attached hydrogens (tertiary/aromatic N) is 1. The van der Waals surface area contributed by atoms with Gasteiger partial charge >= 0.3 is 12.0 Å². The van der Waals surface area contributed by atoms with Crippen molar-refractivity contribution >= 4 is 12.0 Å². The molecule has 35 heavy (non-hydrogen) atoms. The minimum Gasteiger partial charge on any atom is -0.457 e. The maximum absolute atomic E-state index is 13.5. The first kappa shape index (κ1) is 22.4. The van der Waals surface area contributed by atoms with Gasteiger partial charge in [0.05, 0.1) is 11.6 Å². The summed E-state index contributed by atoms with van der Waals surface area (Å²) >= 11 is 0. The van der Waals surface area contributed by atoms with Crippen molar-refractivity contribution in [1.82, 2.24) is 15.6 Å². The second kappa shape index (κ2) is 9.84. The summed E-state index contributed by atoms with van der Waals surface area (Å²) in [6.07, 6.45) is 4.09. The molecule has 0 saturated carbocycles. The molecule has 0 saturated heterocycles. The fourth-order valence-electron chi connectivity index (χ4n) is 4.08. The van der Waals surface area contributed by atoms with Gasteiger partial charge in [0.15, 0.2) is 11.5 Å². The number of aromatic nitrogens is 1. The molecule has 2 amide bonds. The number of halogens is 1. The Morgan fingerprint density at radius 3 is 2.69 bits per heavy atom. The molecule has 1 unspecified atom stereocenters. The van der Waals surface area contributed by atoms with Gasteiger partial charge in [-0.3, -0.25) is 4.98 Å². The van der Waals surface area contributed by atoms with Crippen molar-refractivity contribution in [1.29, 1.82) is 0 Å². The van der Waals surface area contributed by atoms with E-state index in [2.05, 4.69) is 15.6 Å². The molecule has 1 atom stereocenters. The first-order valence-electron chi connectivity index (χ1n) is 11.1. The zero-order valence-corrected chi connectivity index (χ0v) is 18.6. The number of allylic oxidation sites excluding steroid dienone is 1. The van der Waals surface area contributed by atoms with E-state index in [0.717, 1.165) is 5.56 Å². The first-order chi connectivity index (χ1) is 17.1. The summed E-state index contributed by atoms with van der Waals surface area (Å²) in [7, 11) is 0. The lowest BCUT2D eigenvalue weighted by Crippen LogP contribution is -2.46. The Labute approximate surface area is 200 Å². The van der Waals surface area contributed by atoms with E-state index >= 15 is 0 Å². The van der Waals surface area contributed by atoms with E-state index in [4.69, 9.17) is 14.2 Å². The van der Waals surface area contributed by atoms with E-state index in [1.807, 2.05) is 18.2 Å². The average Bonchev–Trinajstić information content (AvgIpc) is 3.34. The maximum Gasteiger partial charge on any atom is 0.338 e. The Morgan fingerprint density at radius 1 is 1.03 bits per heavy atom. The Hall–Kier alpha value is -4.40. The molecule has 8 nitrogen and oxygen atoms in total. The van der Waals surface area contributed by atoms with Crippen LogP contribution in [0.15, 0.2) is 78.3 Å². The summed E-state index contributed by atoms with van der Waals surface area (Å²) in [5.41, 5.74) is 2.91. The van der Waals surface area contributed by atoms with Crippen LogP contribution in [0.1, 0.15) is 29.2 Å². The van der Waals surface area contributed by atoms with E-state index < -0.39 is 23.9 Å². The van der Waals surface area contributed by atoms with E-state index in [0.29, 0.717) is 41.2 Å². The van der Waals surface area contributed by atoms with Crippen molar-refractivity contribution in [3.8, 4) is 11.5 Å². The van der Waals surface area contributed by atoms with Crippen LogP contribution in [0.4, 0.5) is 9.18 Å². The summed E-state index contributed by atoms with van der Waals surface area (Å²) in [6.45, 7) is 0.0765. The molecular formula is C26H22FN3O5. The van der Waals surface area contributed by atoms with Crippen molar-refractivity contribution in [2.75, 3.05) is 6.79 Å². The molecule has 5 rings (SSSR count). The molecule has 178 valence electrons. The number of carbonyl (C=O) groups excluding carboxylic acids is 2. The van der Waals surface area contributed by atoms with E-state index in [9.17, 15) is 14.0 Å². The molecule has 0 fully saturated rings. The number of esters is 1. The number of amides is 2. The van der Waals surface area contributed by atoms with Gasteiger partial charge in [-0.05, 0) is 65.9 Å². The number of carbonyl (C=O) groups is 2. The predicted molar refractivity (Wildman–Crippen MR) is 123 cm³/mol. The highest BCUT2D eigenvalue weighted by atomic mass is 19.1. The Kier molecular flexibility index (Phi) is 6.30. The van der Waals surface area contributed by atoms with Crippen LogP contribution in [0.5, 0.6) is 11.5 Å². The fourth-order valence-corrected chi connectivity index (χ4v) is 4.08. The average molecular weight is 475 g/mol. The van der Waals surface area contributed by atoms with Gasteiger partial charge in [-0.2, -0.15) is 0 Å². The fraction of sp³-hybridized carbons (Fsp3) is 0.192. The normalized spacial score (nSPS) is 16.5. The predicted octanol–water partition coefficient (Wildman–Crippen LogP) is 3.93. The van der Waals surface area contributed by atoms with Crippen LogP contribution in [0.25, 0.3) is 0 Å². The van der Waals surface area contributed by atoms with Gasteiger partial charge < -0.3 is 24.8 Å². The zero-order valence-electron chi connectivity index (χ0n) is 18.6. The largest absolute Gasteiger partial charge is 0.457 e. The first-order valence-corrected chi connectivity index (χ1v) is 11.1. The molecular weight excluding hydrogens is 453 g/mol. The monoisotopic (exact) mass is 475 g/mol. The van der Waals surface area contributed by atoms with Crippen molar-refractivity contribution in [3.05, 3.63) is 101 Å². The molecule has 1 aromatic heterocycles. The lowest BCUT2D eigenvalue weighted by molar-refractivity contribution is -0.140. The number of nitrogens with one attached hydrogen (secondary N) is 2. The molecule has 2 aliphatic heterocycles. The van der Waals surface area contributed by atoms with Crippen LogP contribution in [-0.2, 0) is 22.6 Å². The van der Waals surface area contributed by atoms with E-state index in [1.165, 1.54) is 12.1 Å². The lowest BCUT2D eigenvalue weighted by atomic mass is 9.93. The van der Waals surface area contributed by atoms with Crippen molar-refractivity contribution in [3.63, 3.8) is 0 Å². The van der Waals surface area contributed by atoms with Gasteiger partial charge in [0.25, 0.3) is 0 Å². The molecule has 0 aliphatic carbocycles.